The number of para-hydroxylation sites is 1. The Morgan fingerprint density at radius 1 is 1.30 bits per heavy atom. The van der Waals surface area contributed by atoms with Crippen LogP contribution in [0.3, 0.4) is 0 Å². The standard InChI is InChI=1S/C7H6INS/c1-2-4-7-6(3-1)9-8-5-10-7/h1-5,9H. The topological polar surface area (TPSA) is 12.0 Å². The highest BCUT2D eigenvalue weighted by atomic mass is 127. The van der Waals surface area contributed by atoms with E-state index in [0.717, 1.165) is 0 Å². The lowest BCUT2D eigenvalue weighted by Crippen LogP contribution is -1.87. The van der Waals surface area contributed by atoms with Gasteiger partial charge in [-0.25, -0.2) is 0 Å². The Kier molecular flexibility index (Phi) is 1.95. The second kappa shape index (κ2) is 2.92. The van der Waals surface area contributed by atoms with Gasteiger partial charge in [0.25, 0.3) is 0 Å². The van der Waals surface area contributed by atoms with Crippen molar-refractivity contribution in [3.05, 3.63) is 24.3 Å². The fraction of sp³-hybridized carbons (Fsp3) is 0. The van der Waals surface area contributed by atoms with Crippen LogP contribution >= 0.6 is 32.8 Å². The smallest absolute Gasteiger partial charge is 0.0565 e. The molecule has 1 nitrogen and oxygen atoms in total. The average molecular weight is 263 g/mol. The minimum absolute atomic E-state index is 0.114. The lowest BCUT2D eigenvalue weighted by molar-refractivity contribution is 1.48. The summed E-state index contributed by atoms with van der Waals surface area (Å²) < 4.78 is 5.68. The third kappa shape index (κ3) is 1.20. The van der Waals surface area contributed by atoms with Crippen LogP contribution in [0.4, 0.5) is 5.69 Å². The second-order valence-corrected chi connectivity index (χ2v) is 5.45. The summed E-state index contributed by atoms with van der Waals surface area (Å²) in [5, 5.41) is 0. The van der Waals surface area contributed by atoms with Crippen LogP contribution in [-0.2, 0) is 0 Å². The molecule has 3 heteroatoms. The van der Waals surface area contributed by atoms with Gasteiger partial charge in [0, 0.05) is 29.2 Å². The largest absolute Gasteiger partial charge is 0.332 e. The number of rotatable bonds is 0. The molecule has 0 bridgehead atoms. The van der Waals surface area contributed by atoms with Gasteiger partial charge in [-0.15, -0.1) is 0 Å². The Balaban J connectivity index is 2.47. The fourth-order valence-electron chi connectivity index (χ4n) is 0.799. The van der Waals surface area contributed by atoms with Gasteiger partial charge in [-0.05, 0) is 12.1 Å². The molecule has 0 unspecified atom stereocenters. The van der Waals surface area contributed by atoms with E-state index in [2.05, 4.69) is 31.1 Å². The molecule has 1 heterocycles. The van der Waals surface area contributed by atoms with Crippen molar-refractivity contribution in [3.63, 3.8) is 0 Å². The molecule has 1 N–H and O–H groups in total. The summed E-state index contributed by atoms with van der Waals surface area (Å²) in [5.74, 6) is 0. The van der Waals surface area contributed by atoms with Gasteiger partial charge in [0.05, 0.1) is 5.69 Å². The van der Waals surface area contributed by atoms with E-state index in [1.807, 2.05) is 11.8 Å². The molecule has 0 saturated carbocycles. The van der Waals surface area contributed by atoms with Crippen LogP contribution in [0.15, 0.2) is 29.2 Å². The molecule has 1 aliphatic rings. The Morgan fingerprint density at radius 2 is 2.20 bits per heavy atom. The van der Waals surface area contributed by atoms with Gasteiger partial charge >= 0.3 is 0 Å². The molecule has 0 saturated heterocycles. The van der Waals surface area contributed by atoms with Gasteiger partial charge < -0.3 is 3.53 Å². The summed E-state index contributed by atoms with van der Waals surface area (Å²) in [7, 11) is 0. The van der Waals surface area contributed by atoms with Crippen molar-refractivity contribution in [3.8, 4) is 0 Å². The first-order valence-electron chi connectivity index (χ1n) is 2.92. The molecule has 0 aliphatic carbocycles. The number of halogens is 1. The Labute approximate surface area is 74.3 Å². The van der Waals surface area contributed by atoms with Crippen molar-refractivity contribution in [2.24, 2.45) is 0 Å². The maximum atomic E-state index is 3.40. The van der Waals surface area contributed by atoms with Crippen LogP contribution in [-0.4, -0.2) is 3.34 Å². The molecule has 1 aliphatic heterocycles. The normalized spacial score (nSPS) is 14.8. The van der Waals surface area contributed by atoms with Crippen molar-refractivity contribution in [2.45, 2.75) is 4.90 Å². The summed E-state index contributed by atoms with van der Waals surface area (Å²) in [6.45, 7) is 0. The highest BCUT2D eigenvalue weighted by Crippen LogP contribution is 2.32. The molecule has 0 amide bonds. The number of benzene rings is 1. The number of fused-ring (bicyclic) bond motifs is 1. The van der Waals surface area contributed by atoms with E-state index in [9.17, 15) is 0 Å². The highest BCUT2D eigenvalue weighted by molar-refractivity contribution is 14.2. The van der Waals surface area contributed by atoms with E-state index in [4.69, 9.17) is 0 Å². The quantitative estimate of drug-likeness (QED) is 0.570. The number of hydrogen-bond donors (Lipinski definition) is 1. The second-order valence-electron chi connectivity index (χ2n) is 1.91. The first-order valence-corrected chi connectivity index (χ1v) is 6.13. The summed E-state index contributed by atoms with van der Waals surface area (Å²) in [6, 6.07) is 8.42. The van der Waals surface area contributed by atoms with Crippen LogP contribution in [0.2, 0.25) is 0 Å². The molecule has 52 valence electrons. The lowest BCUT2D eigenvalue weighted by Gasteiger charge is -2.09. The Bertz CT molecular complexity index is 245. The molecular weight excluding hydrogens is 257 g/mol. The van der Waals surface area contributed by atoms with E-state index in [0.29, 0.717) is 0 Å². The zero-order chi connectivity index (χ0) is 6.81. The monoisotopic (exact) mass is 263 g/mol. The van der Waals surface area contributed by atoms with E-state index < -0.39 is 0 Å². The van der Waals surface area contributed by atoms with Crippen molar-refractivity contribution in [1.82, 2.24) is 0 Å². The fourth-order valence-corrected chi connectivity index (χ4v) is 3.96. The maximum absolute atomic E-state index is 3.40. The molecule has 0 radical (unpaired) electrons. The van der Waals surface area contributed by atoms with Gasteiger partial charge in [-0.3, -0.25) is 0 Å². The average Bonchev–Trinajstić information content (AvgIpc) is 2.05. The number of thioether (sulfide) groups is 1. The molecule has 2 rings (SSSR count). The third-order valence-corrected chi connectivity index (χ3v) is 4.47. The van der Waals surface area contributed by atoms with Crippen molar-refractivity contribution in [2.75, 3.05) is 3.53 Å². The van der Waals surface area contributed by atoms with E-state index >= 15 is 0 Å². The van der Waals surface area contributed by atoms with Crippen LogP contribution in [0.5, 0.6) is 0 Å². The van der Waals surface area contributed by atoms with Crippen molar-refractivity contribution >= 4 is 41.8 Å². The number of hydrogen-bond acceptors (Lipinski definition) is 2. The zero-order valence-electron chi connectivity index (χ0n) is 5.17. The molecule has 10 heavy (non-hydrogen) atoms. The minimum atomic E-state index is 0.114. The molecule has 0 spiro atoms. The van der Waals surface area contributed by atoms with Crippen molar-refractivity contribution < 1.29 is 0 Å². The van der Waals surface area contributed by atoms with Gasteiger partial charge in [0.2, 0.25) is 0 Å². The van der Waals surface area contributed by atoms with Crippen molar-refractivity contribution in [1.29, 1.82) is 0 Å². The predicted molar refractivity (Wildman–Crippen MR) is 56.0 cm³/mol. The molecule has 0 atom stereocenters. The van der Waals surface area contributed by atoms with Gasteiger partial charge in [0.15, 0.2) is 0 Å². The Hall–Kier alpha value is -0.0300. The Morgan fingerprint density at radius 3 is 3.10 bits per heavy atom. The van der Waals surface area contributed by atoms with E-state index in [-0.39, 0.29) is 21.0 Å². The third-order valence-electron chi connectivity index (χ3n) is 1.26. The first kappa shape index (κ1) is 6.67. The van der Waals surface area contributed by atoms with E-state index in [1.54, 1.807) is 0 Å². The van der Waals surface area contributed by atoms with Gasteiger partial charge in [0.1, 0.15) is 0 Å². The molecule has 0 aromatic heterocycles. The highest BCUT2D eigenvalue weighted by Gasteiger charge is 2.01. The summed E-state index contributed by atoms with van der Waals surface area (Å²) in [5.41, 5.74) is 1.31. The molecular formula is C7H6INS. The van der Waals surface area contributed by atoms with E-state index in [1.165, 1.54) is 10.6 Å². The van der Waals surface area contributed by atoms with Crippen LogP contribution in [0, 0.1) is 0 Å². The molecule has 0 fully saturated rings. The molecule has 1 aromatic rings. The summed E-state index contributed by atoms with van der Waals surface area (Å²) in [6.07, 6.45) is 0. The van der Waals surface area contributed by atoms with Gasteiger partial charge in [-0.1, -0.05) is 23.9 Å². The SMILES string of the molecule is C1=INc2ccccc2S1. The molecule has 1 aromatic carbocycles. The number of anilines is 1. The summed E-state index contributed by atoms with van der Waals surface area (Å²) in [4.78, 5) is 1.36. The number of nitrogens with one attached hydrogen (secondary N) is 1. The minimum Gasteiger partial charge on any atom is -0.332 e. The van der Waals surface area contributed by atoms with Gasteiger partial charge in [-0.2, -0.15) is 0 Å². The predicted octanol–water partition coefficient (Wildman–Crippen LogP) is 2.85. The summed E-state index contributed by atoms with van der Waals surface area (Å²) >= 11 is 1.96. The van der Waals surface area contributed by atoms with Crippen LogP contribution in [0.1, 0.15) is 0 Å². The van der Waals surface area contributed by atoms with Crippen LogP contribution < -0.4 is 3.53 Å². The maximum Gasteiger partial charge on any atom is 0.0565 e. The first-order chi connectivity index (χ1) is 4.97. The zero-order valence-corrected chi connectivity index (χ0v) is 8.15. The van der Waals surface area contributed by atoms with Crippen LogP contribution in [0.25, 0.3) is 0 Å². The lowest BCUT2D eigenvalue weighted by atomic mass is 10.3.